The van der Waals surface area contributed by atoms with Gasteiger partial charge in [0.15, 0.2) is 0 Å². The lowest BCUT2D eigenvalue weighted by Crippen LogP contribution is -2.43. The second kappa shape index (κ2) is 7.88. The maximum atomic E-state index is 12.2. The molecule has 110 valence electrons. The number of rotatable bonds is 4. The topological polar surface area (TPSA) is 49.3 Å². The minimum atomic E-state index is 0.217. The zero-order valence-electron chi connectivity index (χ0n) is 12.1. The van der Waals surface area contributed by atoms with Crippen LogP contribution in [0.3, 0.4) is 0 Å². The van der Waals surface area contributed by atoms with Gasteiger partial charge in [-0.3, -0.25) is 4.79 Å². The highest BCUT2D eigenvalue weighted by atomic mass is 16.3. The summed E-state index contributed by atoms with van der Waals surface area (Å²) in [6.45, 7) is 0.217. The van der Waals surface area contributed by atoms with Crippen LogP contribution in [0.4, 0.5) is 0 Å². The van der Waals surface area contributed by atoms with Gasteiger partial charge in [0, 0.05) is 25.0 Å². The van der Waals surface area contributed by atoms with Gasteiger partial charge in [-0.15, -0.1) is 0 Å². The molecule has 19 heavy (non-hydrogen) atoms. The van der Waals surface area contributed by atoms with Crippen molar-refractivity contribution < 1.29 is 9.90 Å². The molecule has 0 spiro atoms. The molecular weight excluding hydrogens is 238 g/mol. The van der Waals surface area contributed by atoms with Crippen molar-refractivity contribution in [3.8, 4) is 0 Å². The van der Waals surface area contributed by atoms with Crippen LogP contribution in [0.5, 0.6) is 0 Å². The average molecular weight is 267 g/mol. The normalized spacial score (nSPS) is 29.7. The van der Waals surface area contributed by atoms with Crippen LogP contribution < -0.4 is 5.32 Å². The van der Waals surface area contributed by atoms with Gasteiger partial charge in [0.25, 0.3) is 0 Å². The minimum Gasteiger partial charge on any atom is -0.396 e. The first kappa shape index (κ1) is 14.8. The highest BCUT2D eigenvalue weighted by Crippen LogP contribution is 2.27. The lowest BCUT2D eigenvalue weighted by atomic mass is 9.84. The smallest absolute Gasteiger partial charge is 0.220 e. The summed E-state index contributed by atoms with van der Waals surface area (Å²) in [6, 6.07) is 0.219. The van der Waals surface area contributed by atoms with Crippen molar-refractivity contribution in [2.24, 2.45) is 11.8 Å². The van der Waals surface area contributed by atoms with E-state index < -0.39 is 0 Å². The maximum absolute atomic E-state index is 12.2. The van der Waals surface area contributed by atoms with E-state index in [1.54, 1.807) is 0 Å². The fourth-order valence-corrected chi connectivity index (χ4v) is 3.71. The van der Waals surface area contributed by atoms with Crippen molar-refractivity contribution in [1.82, 2.24) is 5.32 Å². The van der Waals surface area contributed by atoms with Gasteiger partial charge in [0.2, 0.25) is 5.91 Å². The molecule has 0 aromatic rings. The second-order valence-corrected chi connectivity index (χ2v) is 6.46. The molecule has 0 aliphatic heterocycles. The molecule has 0 heterocycles. The Labute approximate surface area is 117 Å². The highest BCUT2D eigenvalue weighted by Gasteiger charge is 2.26. The summed E-state index contributed by atoms with van der Waals surface area (Å²) in [5, 5.41) is 12.6. The van der Waals surface area contributed by atoms with E-state index in [1.807, 2.05) is 0 Å². The first-order valence-electron chi connectivity index (χ1n) is 8.20. The Bertz CT molecular complexity index is 272. The average Bonchev–Trinajstić information content (AvgIpc) is 2.68. The Hall–Kier alpha value is -0.570. The second-order valence-electron chi connectivity index (χ2n) is 6.46. The quantitative estimate of drug-likeness (QED) is 0.769. The van der Waals surface area contributed by atoms with Gasteiger partial charge in [-0.05, 0) is 31.6 Å². The van der Waals surface area contributed by atoms with Crippen LogP contribution in [0.15, 0.2) is 0 Å². The van der Waals surface area contributed by atoms with E-state index in [9.17, 15) is 9.90 Å². The summed E-state index contributed by atoms with van der Waals surface area (Å²) >= 11 is 0. The van der Waals surface area contributed by atoms with Crippen LogP contribution in [-0.2, 0) is 4.79 Å². The number of carbonyl (C=O) groups excluding carboxylic acids is 1. The molecular formula is C16H29NO2. The lowest BCUT2D eigenvalue weighted by molar-refractivity contribution is -0.123. The Balaban J connectivity index is 1.75. The van der Waals surface area contributed by atoms with Crippen molar-refractivity contribution in [2.75, 3.05) is 6.61 Å². The summed E-state index contributed by atoms with van der Waals surface area (Å²) in [5.41, 5.74) is 0. The van der Waals surface area contributed by atoms with Gasteiger partial charge < -0.3 is 10.4 Å². The van der Waals surface area contributed by atoms with Crippen LogP contribution in [-0.4, -0.2) is 23.7 Å². The molecule has 0 saturated heterocycles. The molecule has 0 radical (unpaired) electrons. The number of amides is 1. The summed E-state index contributed by atoms with van der Waals surface area (Å²) in [4.78, 5) is 12.2. The highest BCUT2D eigenvalue weighted by molar-refractivity contribution is 5.76. The van der Waals surface area contributed by atoms with Crippen LogP contribution >= 0.6 is 0 Å². The van der Waals surface area contributed by atoms with E-state index in [0.29, 0.717) is 12.3 Å². The maximum Gasteiger partial charge on any atom is 0.220 e. The number of hydrogen-bond donors (Lipinski definition) is 2. The minimum absolute atomic E-state index is 0.217. The third-order valence-corrected chi connectivity index (χ3v) is 4.94. The van der Waals surface area contributed by atoms with E-state index in [4.69, 9.17) is 0 Å². The molecule has 2 unspecified atom stereocenters. The number of aliphatic hydroxyl groups is 1. The Kier molecular flexibility index (Phi) is 6.15. The fraction of sp³-hybridized carbons (Fsp3) is 0.938. The Morgan fingerprint density at radius 2 is 1.58 bits per heavy atom. The molecule has 0 bridgehead atoms. The number of nitrogens with one attached hydrogen (secondary N) is 1. The molecule has 2 aliphatic rings. The van der Waals surface area contributed by atoms with Crippen molar-refractivity contribution >= 4 is 5.91 Å². The van der Waals surface area contributed by atoms with E-state index >= 15 is 0 Å². The third-order valence-electron chi connectivity index (χ3n) is 4.94. The molecule has 3 heteroatoms. The van der Waals surface area contributed by atoms with E-state index in [0.717, 1.165) is 12.8 Å². The van der Waals surface area contributed by atoms with Crippen molar-refractivity contribution in [3.63, 3.8) is 0 Å². The Morgan fingerprint density at radius 1 is 0.947 bits per heavy atom. The van der Waals surface area contributed by atoms with Crippen molar-refractivity contribution in [3.05, 3.63) is 0 Å². The van der Waals surface area contributed by atoms with Gasteiger partial charge in [0.05, 0.1) is 0 Å². The summed E-state index contributed by atoms with van der Waals surface area (Å²) in [7, 11) is 0. The molecule has 3 nitrogen and oxygen atoms in total. The van der Waals surface area contributed by atoms with Crippen molar-refractivity contribution in [2.45, 2.75) is 76.7 Å². The summed E-state index contributed by atoms with van der Waals surface area (Å²) < 4.78 is 0. The number of hydrogen-bond acceptors (Lipinski definition) is 2. The number of aliphatic hydroxyl groups excluding tert-OH is 1. The summed E-state index contributed by atoms with van der Waals surface area (Å²) in [6.07, 6.45) is 12.9. The van der Waals surface area contributed by atoms with Crippen LogP contribution in [0.1, 0.15) is 70.6 Å². The SMILES string of the molecule is O=C(CC1CCCCCC1)NC1CCCCC1CO. The van der Waals surface area contributed by atoms with Gasteiger partial charge in [0.1, 0.15) is 0 Å². The number of carbonyl (C=O) groups is 1. The zero-order chi connectivity index (χ0) is 13.5. The van der Waals surface area contributed by atoms with Crippen LogP contribution in [0.25, 0.3) is 0 Å². The van der Waals surface area contributed by atoms with Crippen LogP contribution in [0, 0.1) is 11.8 Å². The summed E-state index contributed by atoms with van der Waals surface area (Å²) in [5.74, 6) is 1.10. The standard InChI is InChI=1S/C16H29NO2/c18-12-14-9-5-6-10-15(14)17-16(19)11-13-7-3-1-2-4-8-13/h13-15,18H,1-12H2,(H,17,19). The largest absolute Gasteiger partial charge is 0.396 e. The van der Waals surface area contributed by atoms with Gasteiger partial charge in [-0.2, -0.15) is 0 Å². The lowest BCUT2D eigenvalue weighted by Gasteiger charge is -2.31. The molecule has 2 aliphatic carbocycles. The first-order valence-corrected chi connectivity index (χ1v) is 8.20. The molecule has 0 aromatic heterocycles. The van der Waals surface area contributed by atoms with Gasteiger partial charge in [-0.25, -0.2) is 0 Å². The molecule has 2 rings (SSSR count). The Morgan fingerprint density at radius 3 is 2.26 bits per heavy atom. The van der Waals surface area contributed by atoms with Gasteiger partial charge in [-0.1, -0.05) is 38.5 Å². The third kappa shape index (κ3) is 4.79. The van der Waals surface area contributed by atoms with E-state index in [1.165, 1.54) is 51.4 Å². The van der Waals surface area contributed by atoms with Crippen molar-refractivity contribution in [1.29, 1.82) is 0 Å². The molecule has 0 aromatic carbocycles. The predicted octanol–water partition coefficient (Wildman–Crippen LogP) is 3.01. The first-order chi connectivity index (χ1) is 9.29. The zero-order valence-corrected chi connectivity index (χ0v) is 12.1. The molecule has 2 fully saturated rings. The molecule has 2 atom stereocenters. The fourth-order valence-electron chi connectivity index (χ4n) is 3.71. The van der Waals surface area contributed by atoms with Gasteiger partial charge >= 0.3 is 0 Å². The molecule has 2 saturated carbocycles. The predicted molar refractivity (Wildman–Crippen MR) is 76.8 cm³/mol. The molecule has 2 N–H and O–H groups in total. The monoisotopic (exact) mass is 267 g/mol. The van der Waals surface area contributed by atoms with E-state index in [-0.39, 0.29) is 24.5 Å². The van der Waals surface area contributed by atoms with E-state index in [2.05, 4.69) is 5.32 Å². The van der Waals surface area contributed by atoms with Crippen LogP contribution in [0.2, 0.25) is 0 Å². The molecule has 1 amide bonds.